The third-order valence-electron chi connectivity index (χ3n) is 5.24. The number of carbonyl (C=O) groups is 1. The third kappa shape index (κ3) is 5.37. The Morgan fingerprint density at radius 1 is 1.19 bits per heavy atom. The molecular formula is C22H30N4O. The second kappa shape index (κ2) is 9.11. The van der Waals surface area contributed by atoms with Crippen LogP contribution in [0.4, 0.5) is 0 Å². The molecule has 0 spiro atoms. The van der Waals surface area contributed by atoms with Gasteiger partial charge in [0.25, 0.3) is 0 Å². The van der Waals surface area contributed by atoms with Crippen molar-refractivity contribution >= 4 is 5.91 Å². The molecule has 144 valence electrons. The first-order chi connectivity index (χ1) is 13.0. The molecule has 2 heterocycles. The molecule has 0 aliphatic carbocycles. The Morgan fingerprint density at radius 3 is 2.78 bits per heavy atom. The van der Waals surface area contributed by atoms with Crippen LogP contribution < -0.4 is 5.32 Å². The van der Waals surface area contributed by atoms with Crippen molar-refractivity contribution < 1.29 is 4.79 Å². The van der Waals surface area contributed by atoms with E-state index >= 15 is 0 Å². The highest BCUT2D eigenvalue weighted by atomic mass is 16.2. The fraction of sp³-hybridized carbons (Fsp3) is 0.455. The van der Waals surface area contributed by atoms with Gasteiger partial charge in [-0.2, -0.15) is 0 Å². The number of rotatable bonds is 5. The maximum absolute atomic E-state index is 12.9. The summed E-state index contributed by atoms with van der Waals surface area (Å²) in [4.78, 5) is 21.7. The van der Waals surface area contributed by atoms with Gasteiger partial charge in [-0.25, -0.2) is 0 Å². The van der Waals surface area contributed by atoms with Gasteiger partial charge in [-0.05, 0) is 63.2 Å². The minimum Gasteiger partial charge on any atom is -0.344 e. The number of nitrogens with one attached hydrogen (secondary N) is 1. The molecule has 0 bridgehead atoms. The molecule has 1 aromatic carbocycles. The second-order valence-electron chi connectivity index (χ2n) is 7.58. The zero-order chi connectivity index (χ0) is 19.2. The van der Waals surface area contributed by atoms with Crippen molar-refractivity contribution in [3.63, 3.8) is 0 Å². The molecule has 2 aromatic rings. The average molecular weight is 367 g/mol. The van der Waals surface area contributed by atoms with Gasteiger partial charge in [-0.1, -0.05) is 29.8 Å². The number of likely N-dealkylation sites (N-methyl/N-ethyl adjacent to an activating group) is 1. The maximum atomic E-state index is 12.9. The fourth-order valence-corrected chi connectivity index (χ4v) is 3.70. The van der Waals surface area contributed by atoms with Crippen LogP contribution in [-0.4, -0.2) is 60.5 Å². The quantitative estimate of drug-likeness (QED) is 0.883. The van der Waals surface area contributed by atoms with E-state index in [1.54, 1.807) is 6.20 Å². The summed E-state index contributed by atoms with van der Waals surface area (Å²) in [5, 5.41) is 3.25. The van der Waals surface area contributed by atoms with E-state index in [9.17, 15) is 4.79 Å². The number of pyridine rings is 1. The molecule has 3 rings (SSSR count). The number of aryl methyl sites for hydroxylation is 2. The molecular weight excluding hydrogens is 336 g/mol. The monoisotopic (exact) mass is 366 g/mol. The topological polar surface area (TPSA) is 48.5 Å². The standard InChI is InChI=1S/C22H30N4O/c1-17-7-8-20(18(2)14-17)22(19-6-4-9-23-15-19)24-21(27)16-26-11-5-10-25(3)12-13-26/h4,6-9,14-15,22H,5,10-13,16H2,1-3H3,(H,24,27). The Kier molecular flexibility index (Phi) is 6.58. The average Bonchev–Trinajstić information content (AvgIpc) is 2.85. The van der Waals surface area contributed by atoms with E-state index in [4.69, 9.17) is 0 Å². The minimum absolute atomic E-state index is 0.0633. The number of hydrogen-bond acceptors (Lipinski definition) is 4. The van der Waals surface area contributed by atoms with Gasteiger partial charge in [0.15, 0.2) is 0 Å². The van der Waals surface area contributed by atoms with Crippen LogP contribution in [0.1, 0.15) is 34.7 Å². The lowest BCUT2D eigenvalue weighted by atomic mass is 9.94. The van der Waals surface area contributed by atoms with Gasteiger partial charge in [0.2, 0.25) is 5.91 Å². The lowest BCUT2D eigenvalue weighted by molar-refractivity contribution is -0.122. The number of nitrogens with zero attached hydrogens (tertiary/aromatic N) is 3. The highest BCUT2D eigenvalue weighted by Crippen LogP contribution is 2.25. The molecule has 27 heavy (non-hydrogen) atoms. The number of amides is 1. The number of aromatic nitrogens is 1. The first-order valence-electron chi connectivity index (χ1n) is 9.70. The van der Waals surface area contributed by atoms with Gasteiger partial charge in [0, 0.05) is 25.5 Å². The Bertz CT molecular complexity index is 762. The summed E-state index contributed by atoms with van der Waals surface area (Å²) in [5.74, 6) is 0.0633. The van der Waals surface area contributed by atoms with Crippen LogP contribution in [-0.2, 0) is 4.79 Å². The summed E-state index contributed by atoms with van der Waals surface area (Å²) in [6.45, 7) is 8.64. The van der Waals surface area contributed by atoms with E-state index in [2.05, 4.69) is 59.2 Å². The Labute approximate surface area is 162 Å². The van der Waals surface area contributed by atoms with Crippen molar-refractivity contribution in [3.05, 3.63) is 65.0 Å². The van der Waals surface area contributed by atoms with Gasteiger partial charge in [0.1, 0.15) is 0 Å². The van der Waals surface area contributed by atoms with Crippen LogP contribution in [0.5, 0.6) is 0 Å². The lowest BCUT2D eigenvalue weighted by Crippen LogP contribution is -2.40. The predicted molar refractivity (Wildman–Crippen MR) is 109 cm³/mol. The zero-order valence-corrected chi connectivity index (χ0v) is 16.6. The summed E-state index contributed by atoms with van der Waals surface area (Å²) < 4.78 is 0. The maximum Gasteiger partial charge on any atom is 0.234 e. The molecule has 5 heteroatoms. The van der Waals surface area contributed by atoms with Crippen LogP contribution in [0.3, 0.4) is 0 Å². The summed E-state index contributed by atoms with van der Waals surface area (Å²) in [6, 6.07) is 10.1. The van der Waals surface area contributed by atoms with E-state index in [0.717, 1.165) is 43.7 Å². The predicted octanol–water partition coefficient (Wildman–Crippen LogP) is 2.54. The van der Waals surface area contributed by atoms with Crippen LogP contribution in [0.25, 0.3) is 0 Å². The molecule has 1 aromatic heterocycles. The summed E-state index contributed by atoms with van der Waals surface area (Å²) in [6.07, 6.45) is 4.70. The molecule has 0 radical (unpaired) electrons. The third-order valence-corrected chi connectivity index (χ3v) is 5.24. The molecule has 1 fully saturated rings. The molecule has 1 saturated heterocycles. The normalized spacial score (nSPS) is 17.3. The highest BCUT2D eigenvalue weighted by Gasteiger charge is 2.21. The Balaban J connectivity index is 1.76. The molecule has 5 nitrogen and oxygen atoms in total. The van der Waals surface area contributed by atoms with E-state index in [0.29, 0.717) is 6.54 Å². The van der Waals surface area contributed by atoms with Crippen LogP contribution in [0.2, 0.25) is 0 Å². The molecule has 1 amide bonds. The van der Waals surface area contributed by atoms with E-state index in [1.807, 2.05) is 18.3 Å². The van der Waals surface area contributed by atoms with Crippen molar-refractivity contribution in [2.45, 2.75) is 26.3 Å². The molecule has 1 aliphatic heterocycles. The number of benzene rings is 1. The molecule has 1 aliphatic rings. The van der Waals surface area contributed by atoms with Crippen molar-refractivity contribution in [2.24, 2.45) is 0 Å². The molecule has 1 atom stereocenters. The number of carbonyl (C=O) groups excluding carboxylic acids is 1. The molecule has 1 unspecified atom stereocenters. The largest absolute Gasteiger partial charge is 0.344 e. The van der Waals surface area contributed by atoms with Gasteiger partial charge in [0.05, 0.1) is 12.6 Å². The van der Waals surface area contributed by atoms with Crippen LogP contribution in [0.15, 0.2) is 42.7 Å². The zero-order valence-electron chi connectivity index (χ0n) is 16.6. The first kappa shape index (κ1) is 19.5. The second-order valence-corrected chi connectivity index (χ2v) is 7.58. The van der Waals surface area contributed by atoms with Gasteiger partial charge in [-0.15, -0.1) is 0 Å². The summed E-state index contributed by atoms with van der Waals surface area (Å²) >= 11 is 0. The van der Waals surface area contributed by atoms with Gasteiger partial charge >= 0.3 is 0 Å². The van der Waals surface area contributed by atoms with E-state index < -0.39 is 0 Å². The highest BCUT2D eigenvalue weighted by molar-refractivity contribution is 5.79. The minimum atomic E-state index is -0.179. The molecule has 1 N–H and O–H groups in total. The van der Waals surface area contributed by atoms with Crippen molar-refractivity contribution in [3.8, 4) is 0 Å². The van der Waals surface area contributed by atoms with Crippen molar-refractivity contribution in [1.82, 2.24) is 20.1 Å². The molecule has 0 saturated carbocycles. The Hall–Kier alpha value is -2.24. The summed E-state index contributed by atoms with van der Waals surface area (Å²) in [7, 11) is 2.14. The lowest BCUT2D eigenvalue weighted by Gasteiger charge is -2.24. The van der Waals surface area contributed by atoms with Crippen LogP contribution in [0, 0.1) is 13.8 Å². The van der Waals surface area contributed by atoms with Gasteiger partial charge < -0.3 is 10.2 Å². The van der Waals surface area contributed by atoms with E-state index in [-0.39, 0.29) is 11.9 Å². The van der Waals surface area contributed by atoms with E-state index in [1.165, 1.54) is 11.1 Å². The van der Waals surface area contributed by atoms with Crippen LogP contribution >= 0.6 is 0 Å². The Morgan fingerprint density at radius 2 is 2.04 bits per heavy atom. The first-order valence-corrected chi connectivity index (χ1v) is 9.70. The van der Waals surface area contributed by atoms with Gasteiger partial charge in [-0.3, -0.25) is 14.7 Å². The smallest absolute Gasteiger partial charge is 0.234 e. The van der Waals surface area contributed by atoms with Crippen molar-refractivity contribution in [2.75, 3.05) is 39.8 Å². The SMILES string of the molecule is Cc1ccc(C(NC(=O)CN2CCCN(C)CC2)c2cccnc2)c(C)c1. The van der Waals surface area contributed by atoms with Crippen molar-refractivity contribution in [1.29, 1.82) is 0 Å². The number of hydrogen-bond donors (Lipinski definition) is 1. The summed E-state index contributed by atoms with van der Waals surface area (Å²) in [5.41, 5.74) is 4.53. The fourth-order valence-electron chi connectivity index (χ4n) is 3.70.